The lowest BCUT2D eigenvalue weighted by Gasteiger charge is -2.08. The number of nitrogens with zero attached hydrogens (tertiary/aromatic N) is 1. The summed E-state index contributed by atoms with van der Waals surface area (Å²) in [5.41, 5.74) is 7.93. The molecule has 0 radical (unpaired) electrons. The summed E-state index contributed by atoms with van der Waals surface area (Å²) in [5, 5.41) is 0.880. The number of nitrogens with two attached hydrogens (primary N) is 1. The molecule has 0 unspecified atom stereocenters. The van der Waals surface area contributed by atoms with Crippen LogP contribution in [0.5, 0.6) is 0 Å². The fourth-order valence-electron chi connectivity index (χ4n) is 2.07. The summed E-state index contributed by atoms with van der Waals surface area (Å²) in [4.78, 5) is 17.2. The van der Waals surface area contributed by atoms with Gasteiger partial charge in [0.25, 0.3) is 0 Å². The summed E-state index contributed by atoms with van der Waals surface area (Å²) in [5.74, 6) is 0.853. The second-order valence-corrected chi connectivity index (χ2v) is 5.88. The van der Waals surface area contributed by atoms with Gasteiger partial charge in [0.05, 0.1) is 5.03 Å². The number of hydrogen-bond donors (Lipinski definition) is 1. The standard InChI is InChI=1S/C17H20N2OS/c1-2-6-15-11-14(12-16(19-15)21-10-9-18)17(20)13-7-4-3-5-8-13/h3-5,7-8,11-12H,2,6,9-10,18H2,1H3. The van der Waals surface area contributed by atoms with Crippen LogP contribution in [0.25, 0.3) is 0 Å². The van der Waals surface area contributed by atoms with Crippen LogP contribution >= 0.6 is 11.8 Å². The van der Waals surface area contributed by atoms with Gasteiger partial charge in [0, 0.05) is 29.1 Å². The molecule has 0 amide bonds. The molecule has 0 saturated carbocycles. The van der Waals surface area contributed by atoms with Gasteiger partial charge < -0.3 is 5.73 Å². The number of rotatable bonds is 7. The van der Waals surface area contributed by atoms with Crippen LogP contribution in [0.1, 0.15) is 35.0 Å². The fraction of sp³-hybridized carbons (Fsp3) is 0.294. The Morgan fingerprint density at radius 3 is 2.62 bits per heavy atom. The van der Waals surface area contributed by atoms with Crippen molar-refractivity contribution in [2.45, 2.75) is 24.8 Å². The first-order valence-corrected chi connectivity index (χ1v) is 8.16. The summed E-state index contributed by atoms with van der Waals surface area (Å²) in [6, 6.07) is 13.1. The topological polar surface area (TPSA) is 56.0 Å². The minimum Gasteiger partial charge on any atom is -0.330 e. The highest BCUT2D eigenvalue weighted by atomic mass is 32.2. The quantitative estimate of drug-likeness (QED) is 0.629. The lowest BCUT2D eigenvalue weighted by molar-refractivity contribution is 0.103. The third kappa shape index (κ3) is 4.41. The van der Waals surface area contributed by atoms with Gasteiger partial charge >= 0.3 is 0 Å². The molecule has 1 heterocycles. The van der Waals surface area contributed by atoms with E-state index in [0.29, 0.717) is 17.7 Å². The van der Waals surface area contributed by atoms with Crippen molar-refractivity contribution in [2.75, 3.05) is 12.3 Å². The molecule has 4 heteroatoms. The smallest absolute Gasteiger partial charge is 0.193 e. The summed E-state index contributed by atoms with van der Waals surface area (Å²) < 4.78 is 0. The Bertz CT molecular complexity index is 599. The monoisotopic (exact) mass is 300 g/mol. The second-order valence-electron chi connectivity index (χ2n) is 4.77. The van der Waals surface area contributed by atoms with Gasteiger partial charge in [-0.25, -0.2) is 4.98 Å². The highest BCUT2D eigenvalue weighted by molar-refractivity contribution is 7.99. The average Bonchev–Trinajstić information content (AvgIpc) is 2.53. The molecule has 0 spiro atoms. The predicted molar refractivity (Wildman–Crippen MR) is 87.9 cm³/mol. The van der Waals surface area contributed by atoms with Crippen molar-refractivity contribution in [3.05, 3.63) is 59.3 Å². The molecular weight excluding hydrogens is 280 g/mol. The number of ketones is 1. The van der Waals surface area contributed by atoms with Gasteiger partial charge in [0.2, 0.25) is 0 Å². The van der Waals surface area contributed by atoms with Gasteiger partial charge in [-0.3, -0.25) is 4.79 Å². The lowest BCUT2D eigenvalue weighted by Crippen LogP contribution is -2.06. The van der Waals surface area contributed by atoms with Crippen LogP contribution in [-0.4, -0.2) is 23.1 Å². The van der Waals surface area contributed by atoms with Crippen LogP contribution < -0.4 is 5.73 Å². The van der Waals surface area contributed by atoms with Crippen molar-refractivity contribution >= 4 is 17.5 Å². The molecule has 1 aromatic heterocycles. The SMILES string of the molecule is CCCc1cc(C(=O)c2ccccc2)cc(SCCN)n1. The molecule has 110 valence electrons. The number of hydrogen-bond acceptors (Lipinski definition) is 4. The molecule has 1 aromatic carbocycles. The Morgan fingerprint density at radius 1 is 1.19 bits per heavy atom. The average molecular weight is 300 g/mol. The van der Waals surface area contributed by atoms with E-state index in [9.17, 15) is 4.79 Å². The number of aromatic nitrogens is 1. The number of pyridine rings is 1. The van der Waals surface area contributed by atoms with Crippen LogP contribution in [0.15, 0.2) is 47.5 Å². The van der Waals surface area contributed by atoms with E-state index in [4.69, 9.17) is 5.73 Å². The molecule has 0 aliphatic heterocycles. The minimum atomic E-state index is 0.0463. The molecule has 0 aliphatic rings. The number of benzene rings is 1. The van der Waals surface area contributed by atoms with Crippen molar-refractivity contribution < 1.29 is 4.79 Å². The van der Waals surface area contributed by atoms with Crippen LogP contribution in [0, 0.1) is 0 Å². The molecule has 0 saturated heterocycles. The Balaban J connectivity index is 2.32. The fourth-order valence-corrected chi connectivity index (χ4v) is 2.79. The zero-order valence-electron chi connectivity index (χ0n) is 12.2. The van der Waals surface area contributed by atoms with E-state index in [1.807, 2.05) is 42.5 Å². The maximum Gasteiger partial charge on any atom is 0.193 e. The molecule has 0 fully saturated rings. The first-order chi connectivity index (χ1) is 10.2. The third-order valence-electron chi connectivity index (χ3n) is 3.03. The molecular formula is C17H20N2OS. The third-order valence-corrected chi connectivity index (χ3v) is 3.97. The largest absolute Gasteiger partial charge is 0.330 e. The predicted octanol–water partition coefficient (Wildman–Crippen LogP) is 3.32. The summed E-state index contributed by atoms with van der Waals surface area (Å²) in [6.07, 6.45) is 1.89. The zero-order chi connectivity index (χ0) is 15.1. The Hall–Kier alpha value is -1.65. The number of carbonyl (C=O) groups is 1. The molecule has 0 atom stereocenters. The summed E-state index contributed by atoms with van der Waals surface area (Å²) in [6.45, 7) is 2.71. The molecule has 2 rings (SSSR count). The highest BCUT2D eigenvalue weighted by Crippen LogP contribution is 2.20. The van der Waals surface area contributed by atoms with Gasteiger partial charge in [-0.1, -0.05) is 43.7 Å². The van der Waals surface area contributed by atoms with E-state index in [1.54, 1.807) is 11.8 Å². The normalized spacial score (nSPS) is 10.6. The van der Waals surface area contributed by atoms with Crippen LogP contribution in [-0.2, 0) is 6.42 Å². The molecule has 2 aromatic rings. The molecule has 2 N–H and O–H groups in total. The maximum atomic E-state index is 12.6. The Kier molecular flexibility index (Phi) is 5.96. The van der Waals surface area contributed by atoms with Crippen molar-refractivity contribution in [3.63, 3.8) is 0 Å². The lowest BCUT2D eigenvalue weighted by atomic mass is 10.0. The number of thioether (sulfide) groups is 1. The van der Waals surface area contributed by atoms with Crippen LogP contribution in [0.4, 0.5) is 0 Å². The zero-order valence-corrected chi connectivity index (χ0v) is 13.0. The minimum absolute atomic E-state index is 0.0463. The van der Waals surface area contributed by atoms with E-state index in [-0.39, 0.29) is 5.78 Å². The molecule has 0 aliphatic carbocycles. The van der Waals surface area contributed by atoms with Gasteiger partial charge in [0.15, 0.2) is 5.78 Å². The molecule has 0 bridgehead atoms. The van der Waals surface area contributed by atoms with E-state index in [2.05, 4.69) is 11.9 Å². The molecule has 21 heavy (non-hydrogen) atoms. The summed E-state index contributed by atoms with van der Waals surface area (Å²) >= 11 is 1.60. The number of carbonyl (C=O) groups excluding carboxylic acids is 1. The van der Waals surface area contributed by atoms with Crippen molar-refractivity contribution in [3.8, 4) is 0 Å². The highest BCUT2D eigenvalue weighted by Gasteiger charge is 2.12. The second kappa shape index (κ2) is 7.96. The molecule has 3 nitrogen and oxygen atoms in total. The van der Waals surface area contributed by atoms with Gasteiger partial charge in [0.1, 0.15) is 0 Å². The van der Waals surface area contributed by atoms with Crippen molar-refractivity contribution in [2.24, 2.45) is 5.73 Å². The van der Waals surface area contributed by atoms with E-state index in [0.717, 1.165) is 29.3 Å². The van der Waals surface area contributed by atoms with Crippen molar-refractivity contribution in [1.82, 2.24) is 4.98 Å². The Labute approximate surface area is 130 Å². The summed E-state index contributed by atoms with van der Waals surface area (Å²) in [7, 11) is 0. The van der Waals surface area contributed by atoms with Gasteiger partial charge in [-0.2, -0.15) is 0 Å². The van der Waals surface area contributed by atoms with Crippen LogP contribution in [0.3, 0.4) is 0 Å². The first-order valence-electron chi connectivity index (χ1n) is 7.18. The van der Waals surface area contributed by atoms with Gasteiger partial charge in [-0.15, -0.1) is 11.8 Å². The van der Waals surface area contributed by atoms with E-state index >= 15 is 0 Å². The Morgan fingerprint density at radius 2 is 1.95 bits per heavy atom. The first kappa shape index (κ1) is 15.7. The maximum absolute atomic E-state index is 12.6. The van der Waals surface area contributed by atoms with E-state index < -0.39 is 0 Å². The van der Waals surface area contributed by atoms with Crippen molar-refractivity contribution in [1.29, 1.82) is 0 Å². The van der Waals surface area contributed by atoms with Crippen LogP contribution in [0.2, 0.25) is 0 Å². The van der Waals surface area contributed by atoms with Gasteiger partial charge in [-0.05, 0) is 18.6 Å². The van der Waals surface area contributed by atoms with E-state index in [1.165, 1.54) is 0 Å². The number of aryl methyl sites for hydroxylation is 1.